The van der Waals surface area contributed by atoms with E-state index >= 15 is 0 Å². The highest BCUT2D eigenvalue weighted by molar-refractivity contribution is 14.0. The highest BCUT2D eigenvalue weighted by atomic mass is 127. The molecule has 0 aromatic carbocycles. The van der Waals surface area contributed by atoms with E-state index in [0.29, 0.717) is 12.6 Å². The standard InChI is InChI=1S/C17H30N4O3.HI/c1-3-24-17(22)21-10-5-15(6-11-21)20-16(18-2)19-9-4-14-7-12-23-13-8-14;/h7,15H,3-6,8-13H2,1-2H3,(H2,18,19,20);1H. The van der Waals surface area contributed by atoms with E-state index in [9.17, 15) is 4.79 Å². The lowest BCUT2D eigenvalue weighted by atomic mass is 10.1. The SMILES string of the molecule is CCOC(=O)N1CCC(NC(=NC)NCCC2=CCOCC2)CC1.I. The van der Waals surface area contributed by atoms with Crippen LogP contribution in [0.25, 0.3) is 0 Å². The molecule has 2 heterocycles. The maximum Gasteiger partial charge on any atom is 0.409 e. The molecule has 2 N–H and O–H groups in total. The quantitative estimate of drug-likeness (QED) is 0.281. The van der Waals surface area contributed by atoms with Gasteiger partial charge < -0.3 is 25.0 Å². The molecule has 0 radical (unpaired) electrons. The summed E-state index contributed by atoms with van der Waals surface area (Å²) in [6.07, 6.45) is 5.82. The number of carbonyl (C=O) groups excluding carboxylic acids is 1. The number of hydrogen-bond donors (Lipinski definition) is 2. The third-order valence-corrected chi connectivity index (χ3v) is 4.38. The second kappa shape index (κ2) is 12.3. The second-order valence-corrected chi connectivity index (χ2v) is 6.04. The molecule has 0 bridgehead atoms. The molecule has 8 heteroatoms. The van der Waals surface area contributed by atoms with Gasteiger partial charge in [-0.3, -0.25) is 4.99 Å². The molecule has 2 aliphatic heterocycles. The number of hydrogen-bond acceptors (Lipinski definition) is 4. The van der Waals surface area contributed by atoms with Gasteiger partial charge in [-0.05, 0) is 32.6 Å². The average molecular weight is 466 g/mol. The Morgan fingerprint density at radius 1 is 1.44 bits per heavy atom. The van der Waals surface area contributed by atoms with Gasteiger partial charge in [-0.1, -0.05) is 11.6 Å². The Labute approximate surface area is 167 Å². The number of guanidine groups is 1. The van der Waals surface area contributed by atoms with Crippen LogP contribution in [0.3, 0.4) is 0 Å². The van der Waals surface area contributed by atoms with Crippen molar-refractivity contribution in [3.63, 3.8) is 0 Å². The fourth-order valence-corrected chi connectivity index (χ4v) is 2.94. The number of amides is 1. The summed E-state index contributed by atoms with van der Waals surface area (Å²) in [7, 11) is 1.79. The second-order valence-electron chi connectivity index (χ2n) is 6.04. The third kappa shape index (κ3) is 7.81. The van der Waals surface area contributed by atoms with Gasteiger partial charge in [0, 0.05) is 32.7 Å². The van der Waals surface area contributed by atoms with Gasteiger partial charge in [-0.25, -0.2) is 4.79 Å². The molecule has 0 unspecified atom stereocenters. The van der Waals surface area contributed by atoms with Crippen molar-refractivity contribution in [2.45, 2.75) is 38.6 Å². The summed E-state index contributed by atoms with van der Waals surface area (Å²) in [5.41, 5.74) is 1.45. The highest BCUT2D eigenvalue weighted by Crippen LogP contribution is 2.12. The Balaban J connectivity index is 0.00000312. The van der Waals surface area contributed by atoms with Crippen LogP contribution >= 0.6 is 24.0 Å². The lowest BCUT2D eigenvalue weighted by Crippen LogP contribution is -2.50. The number of halogens is 1. The van der Waals surface area contributed by atoms with Crippen LogP contribution in [-0.4, -0.2) is 69.5 Å². The van der Waals surface area contributed by atoms with E-state index in [1.165, 1.54) is 5.57 Å². The molecule has 0 saturated carbocycles. The van der Waals surface area contributed by atoms with Crippen molar-refractivity contribution in [2.24, 2.45) is 4.99 Å². The predicted molar refractivity (Wildman–Crippen MR) is 110 cm³/mol. The van der Waals surface area contributed by atoms with Gasteiger partial charge in [0.2, 0.25) is 0 Å². The number of rotatable bonds is 5. The van der Waals surface area contributed by atoms with Crippen LogP contribution in [0.2, 0.25) is 0 Å². The molecule has 1 saturated heterocycles. The summed E-state index contributed by atoms with van der Waals surface area (Å²) in [5, 5.41) is 6.82. The molecule has 1 amide bonds. The summed E-state index contributed by atoms with van der Waals surface area (Å²) < 4.78 is 10.4. The zero-order valence-electron chi connectivity index (χ0n) is 15.3. The van der Waals surface area contributed by atoms with Crippen LogP contribution in [0, 0.1) is 0 Å². The molecule has 7 nitrogen and oxygen atoms in total. The maximum absolute atomic E-state index is 11.7. The minimum Gasteiger partial charge on any atom is -0.450 e. The van der Waals surface area contributed by atoms with Crippen LogP contribution in [0.15, 0.2) is 16.6 Å². The number of ether oxygens (including phenoxy) is 2. The molecular formula is C17H31IN4O3. The van der Waals surface area contributed by atoms with E-state index < -0.39 is 0 Å². The third-order valence-electron chi connectivity index (χ3n) is 4.38. The van der Waals surface area contributed by atoms with Gasteiger partial charge in [-0.2, -0.15) is 0 Å². The van der Waals surface area contributed by atoms with E-state index in [4.69, 9.17) is 9.47 Å². The number of aliphatic imine (C=N–C) groups is 1. The number of likely N-dealkylation sites (tertiary alicyclic amines) is 1. The lowest BCUT2D eigenvalue weighted by molar-refractivity contribution is 0.0963. The highest BCUT2D eigenvalue weighted by Gasteiger charge is 2.23. The first-order valence-corrected chi connectivity index (χ1v) is 8.87. The molecule has 144 valence electrons. The summed E-state index contributed by atoms with van der Waals surface area (Å²) in [6.45, 7) is 6.14. The number of nitrogens with zero attached hydrogens (tertiary/aromatic N) is 2. The lowest BCUT2D eigenvalue weighted by Gasteiger charge is -2.32. The molecule has 0 aromatic heterocycles. The topological polar surface area (TPSA) is 75.2 Å². The zero-order chi connectivity index (χ0) is 17.2. The zero-order valence-corrected chi connectivity index (χ0v) is 17.6. The smallest absolute Gasteiger partial charge is 0.409 e. The molecule has 0 spiro atoms. The first-order valence-electron chi connectivity index (χ1n) is 8.87. The fourth-order valence-electron chi connectivity index (χ4n) is 2.94. The van der Waals surface area contributed by atoms with Crippen LogP contribution in [0.4, 0.5) is 4.79 Å². The first kappa shape index (κ1) is 22.0. The molecule has 2 aliphatic rings. The first-order chi connectivity index (χ1) is 11.7. The van der Waals surface area contributed by atoms with Crippen LogP contribution in [0.5, 0.6) is 0 Å². The minimum atomic E-state index is -0.205. The van der Waals surface area contributed by atoms with Crippen LogP contribution < -0.4 is 10.6 Å². The van der Waals surface area contributed by atoms with Gasteiger partial charge in [0.15, 0.2) is 5.96 Å². The summed E-state index contributed by atoms with van der Waals surface area (Å²) in [4.78, 5) is 17.8. The van der Waals surface area contributed by atoms with Gasteiger partial charge in [0.1, 0.15) is 0 Å². The molecule has 2 rings (SSSR count). The number of nitrogens with one attached hydrogen (secondary N) is 2. The van der Waals surface area contributed by atoms with E-state index in [1.54, 1.807) is 11.9 Å². The van der Waals surface area contributed by atoms with E-state index in [0.717, 1.165) is 64.5 Å². The molecular weight excluding hydrogens is 435 g/mol. The predicted octanol–water partition coefficient (Wildman–Crippen LogP) is 2.13. The number of carbonyl (C=O) groups is 1. The summed E-state index contributed by atoms with van der Waals surface area (Å²) in [6, 6.07) is 0.337. The number of piperidine rings is 1. The van der Waals surface area contributed by atoms with Crippen molar-refractivity contribution in [1.82, 2.24) is 15.5 Å². The van der Waals surface area contributed by atoms with Crippen molar-refractivity contribution < 1.29 is 14.3 Å². The molecule has 1 fully saturated rings. The van der Waals surface area contributed by atoms with Gasteiger partial charge in [0.25, 0.3) is 0 Å². The van der Waals surface area contributed by atoms with Crippen molar-refractivity contribution in [3.05, 3.63) is 11.6 Å². The Morgan fingerprint density at radius 3 is 2.80 bits per heavy atom. The average Bonchev–Trinajstić information content (AvgIpc) is 2.62. The Hall–Kier alpha value is -1.03. The van der Waals surface area contributed by atoms with E-state index in [-0.39, 0.29) is 30.1 Å². The molecule has 0 atom stereocenters. The monoisotopic (exact) mass is 466 g/mol. The van der Waals surface area contributed by atoms with Crippen molar-refractivity contribution in [1.29, 1.82) is 0 Å². The minimum absolute atomic E-state index is 0. The van der Waals surface area contributed by atoms with E-state index in [1.807, 2.05) is 6.92 Å². The molecule has 25 heavy (non-hydrogen) atoms. The van der Waals surface area contributed by atoms with Crippen LogP contribution in [-0.2, 0) is 9.47 Å². The fraction of sp³-hybridized carbons (Fsp3) is 0.765. The summed E-state index contributed by atoms with van der Waals surface area (Å²) >= 11 is 0. The van der Waals surface area contributed by atoms with Crippen molar-refractivity contribution in [3.8, 4) is 0 Å². The maximum atomic E-state index is 11.7. The summed E-state index contributed by atoms with van der Waals surface area (Å²) in [5.74, 6) is 0.831. The van der Waals surface area contributed by atoms with Gasteiger partial charge >= 0.3 is 6.09 Å². The van der Waals surface area contributed by atoms with Crippen molar-refractivity contribution in [2.75, 3.05) is 46.5 Å². The van der Waals surface area contributed by atoms with E-state index in [2.05, 4.69) is 21.7 Å². The van der Waals surface area contributed by atoms with Gasteiger partial charge in [0.05, 0.1) is 19.8 Å². The Bertz CT molecular complexity index is 463. The van der Waals surface area contributed by atoms with Gasteiger partial charge in [-0.15, -0.1) is 24.0 Å². The largest absolute Gasteiger partial charge is 0.450 e. The Morgan fingerprint density at radius 2 is 2.20 bits per heavy atom. The van der Waals surface area contributed by atoms with Crippen LogP contribution in [0.1, 0.15) is 32.6 Å². The normalized spacial score (nSPS) is 18.9. The Kier molecular flexibility index (Phi) is 10.9. The molecule has 0 aliphatic carbocycles. The molecule has 0 aromatic rings. The van der Waals surface area contributed by atoms with Crippen molar-refractivity contribution >= 4 is 36.0 Å².